The fourth-order valence-corrected chi connectivity index (χ4v) is 3.02. The first-order valence-electron chi connectivity index (χ1n) is 5.65. The Labute approximate surface area is 124 Å². The van der Waals surface area contributed by atoms with E-state index >= 15 is 0 Å². The van der Waals surface area contributed by atoms with Crippen molar-refractivity contribution in [2.75, 3.05) is 0 Å². The van der Waals surface area contributed by atoms with E-state index in [1.807, 2.05) is 43.5 Å². The minimum absolute atomic E-state index is 0.0530. The number of hydrogen-bond donors (Lipinski definition) is 1. The van der Waals surface area contributed by atoms with Crippen LogP contribution in [0.15, 0.2) is 50.9 Å². The summed E-state index contributed by atoms with van der Waals surface area (Å²) >= 11 is 5.04. The molecule has 0 atom stereocenters. The molecule has 5 heteroatoms. The first kappa shape index (κ1) is 14.1. The molecule has 1 heterocycles. The molecule has 0 amide bonds. The molecule has 0 bridgehead atoms. The highest BCUT2D eigenvalue weighted by Gasteiger charge is 2.05. The predicted octanol–water partition coefficient (Wildman–Crippen LogP) is 3.93. The Bertz CT molecular complexity index is 599. The van der Waals surface area contributed by atoms with Crippen LogP contribution in [0, 0.1) is 6.92 Å². The van der Waals surface area contributed by atoms with Gasteiger partial charge in [-0.2, -0.15) is 0 Å². The third-order valence-corrected chi connectivity index (χ3v) is 4.33. The molecule has 0 radical (unpaired) electrons. The Kier molecular flexibility index (Phi) is 4.61. The lowest BCUT2D eigenvalue weighted by Crippen LogP contribution is -1.99. The fourth-order valence-electron chi connectivity index (χ4n) is 1.56. The van der Waals surface area contributed by atoms with Gasteiger partial charge in [0.25, 0.3) is 0 Å². The van der Waals surface area contributed by atoms with Crippen LogP contribution in [0.2, 0.25) is 0 Å². The monoisotopic (exact) mass is 337 g/mol. The quantitative estimate of drug-likeness (QED) is 0.918. The second-order valence-corrected chi connectivity index (χ2v) is 6.03. The molecule has 3 nitrogen and oxygen atoms in total. The maximum Gasteiger partial charge on any atom is 0.307 e. The average Bonchev–Trinajstić information content (AvgIpc) is 2.34. The first-order valence-corrected chi connectivity index (χ1v) is 7.26. The minimum atomic E-state index is -0.816. The molecule has 0 unspecified atom stereocenters. The van der Waals surface area contributed by atoms with Gasteiger partial charge in [0, 0.05) is 11.1 Å². The van der Waals surface area contributed by atoms with Crippen molar-refractivity contribution in [2.45, 2.75) is 23.3 Å². The highest BCUT2D eigenvalue weighted by Crippen LogP contribution is 2.32. The Balaban J connectivity index is 2.13. The highest BCUT2D eigenvalue weighted by atomic mass is 79.9. The summed E-state index contributed by atoms with van der Waals surface area (Å²) in [6.07, 6.45) is 1.88. The molecule has 0 saturated heterocycles. The second kappa shape index (κ2) is 6.21. The number of carbonyl (C=O) groups is 1. The van der Waals surface area contributed by atoms with Gasteiger partial charge in [0.15, 0.2) is 0 Å². The van der Waals surface area contributed by atoms with Gasteiger partial charge in [-0.15, -0.1) is 0 Å². The van der Waals surface area contributed by atoms with Crippen LogP contribution in [0.5, 0.6) is 0 Å². The van der Waals surface area contributed by atoms with Gasteiger partial charge in [-0.05, 0) is 52.2 Å². The maximum absolute atomic E-state index is 10.6. The van der Waals surface area contributed by atoms with Crippen LogP contribution in [0.4, 0.5) is 0 Å². The van der Waals surface area contributed by atoms with E-state index in [1.54, 1.807) is 11.8 Å². The van der Waals surface area contributed by atoms with Gasteiger partial charge in [-0.25, -0.2) is 4.98 Å². The summed E-state index contributed by atoms with van der Waals surface area (Å²) in [5, 5.41) is 9.61. The molecule has 2 rings (SSSR count). The van der Waals surface area contributed by atoms with Crippen LogP contribution in [-0.4, -0.2) is 16.1 Å². The molecule has 1 N–H and O–H groups in total. The molecule has 1 aromatic carbocycles. The Morgan fingerprint density at radius 3 is 2.63 bits per heavy atom. The summed E-state index contributed by atoms with van der Waals surface area (Å²) in [5.41, 5.74) is 1.90. The van der Waals surface area contributed by atoms with E-state index < -0.39 is 5.97 Å². The lowest BCUT2D eigenvalue weighted by molar-refractivity contribution is -0.136. The maximum atomic E-state index is 10.6. The normalized spacial score (nSPS) is 10.4. The lowest BCUT2D eigenvalue weighted by atomic mass is 10.2. The van der Waals surface area contributed by atoms with Crippen molar-refractivity contribution in [3.05, 3.63) is 52.1 Å². The smallest absolute Gasteiger partial charge is 0.307 e. The third-order valence-electron chi connectivity index (χ3n) is 2.44. The predicted molar refractivity (Wildman–Crippen MR) is 78.6 cm³/mol. The van der Waals surface area contributed by atoms with Crippen molar-refractivity contribution >= 4 is 33.7 Å². The molecule has 0 aliphatic rings. The van der Waals surface area contributed by atoms with Crippen molar-refractivity contribution in [2.24, 2.45) is 0 Å². The second-order valence-electron chi connectivity index (χ2n) is 4.12. The number of rotatable bonds is 4. The van der Waals surface area contributed by atoms with E-state index in [0.717, 1.165) is 25.5 Å². The third kappa shape index (κ3) is 4.08. The van der Waals surface area contributed by atoms with Gasteiger partial charge in [-0.1, -0.05) is 23.9 Å². The van der Waals surface area contributed by atoms with Gasteiger partial charge in [-0.3, -0.25) is 4.79 Å². The van der Waals surface area contributed by atoms with Gasteiger partial charge < -0.3 is 5.11 Å². The number of benzene rings is 1. The Morgan fingerprint density at radius 1 is 1.37 bits per heavy atom. The van der Waals surface area contributed by atoms with E-state index in [-0.39, 0.29) is 6.42 Å². The number of carboxylic acids is 1. The lowest BCUT2D eigenvalue weighted by Gasteiger charge is -2.05. The molecular weight excluding hydrogens is 326 g/mol. The van der Waals surface area contributed by atoms with E-state index in [4.69, 9.17) is 5.11 Å². The Morgan fingerprint density at radius 2 is 2.05 bits per heavy atom. The fraction of sp³-hybridized carbons (Fsp3) is 0.143. The minimum Gasteiger partial charge on any atom is -0.481 e. The molecule has 19 heavy (non-hydrogen) atoms. The zero-order valence-corrected chi connectivity index (χ0v) is 12.7. The summed E-state index contributed by atoms with van der Waals surface area (Å²) < 4.78 is 0.965. The van der Waals surface area contributed by atoms with Crippen LogP contribution in [0.1, 0.15) is 11.1 Å². The highest BCUT2D eigenvalue weighted by molar-refractivity contribution is 9.10. The van der Waals surface area contributed by atoms with Crippen molar-refractivity contribution in [1.29, 1.82) is 0 Å². The molecule has 0 aliphatic carbocycles. The van der Waals surface area contributed by atoms with Crippen LogP contribution in [0.3, 0.4) is 0 Å². The molecule has 1 aromatic heterocycles. The van der Waals surface area contributed by atoms with Gasteiger partial charge in [0.05, 0.1) is 10.9 Å². The molecule has 0 spiro atoms. The summed E-state index contributed by atoms with van der Waals surface area (Å²) in [7, 11) is 0. The number of pyridine rings is 1. The molecule has 98 valence electrons. The average molecular weight is 338 g/mol. The van der Waals surface area contributed by atoms with E-state index in [2.05, 4.69) is 20.9 Å². The van der Waals surface area contributed by atoms with Crippen molar-refractivity contribution in [3.8, 4) is 0 Å². The number of halogens is 1. The topological polar surface area (TPSA) is 50.2 Å². The number of hydrogen-bond acceptors (Lipinski definition) is 3. The van der Waals surface area contributed by atoms with Crippen LogP contribution >= 0.6 is 27.7 Å². The van der Waals surface area contributed by atoms with Gasteiger partial charge in [0.1, 0.15) is 5.03 Å². The standard InChI is InChI=1S/C14H12BrNO2S/c1-9-6-12(15)14(16-8-9)19-11-4-2-10(3-5-11)7-13(17)18/h2-6,8H,7H2,1H3,(H,17,18). The number of nitrogens with zero attached hydrogens (tertiary/aromatic N) is 1. The van der Waals surface area contributed by atoms with E-state index in [1.165, 1.54) is 0 Å². The summed E-state index contributed by atoms with van der Waals surface area (Å²) in [5.74, 6) is -0.816. The van der Waals surface area contributed by atoms with Crippen LogP contribution in [-0.2, 0) is 11.2 Å². The van der Waals surface area contributed by atoms with Gasteiger partial charge >= 0.3 is 5.97 Å². The van der Waals surface area contributed by atoms with Crippen molar-refractivity contribution in [1.82, 2.24) is 4.98 Å². The number of aryl methyl sites for hydroxylation is 1. The molecule has 0 fully saturated rings. The van der Waals surface area contributed by atoms with E-state index in [0.29, 0.717) is 0 Å². The Hall–Kier alpha value is -1.33. The summed E-state index contributed by atoms with van der Waals surface area (Å²) in [4.78, 5) is 16.0. The molecule has 0 saturated carbocycles. The zero-order valence-electron chi connectivity index (χ0n) is 10.3. The number of aromatic nitrogens is 1. The SMILES string of the molecule is Cc1cnc(Sc2ccc(CC(=O)O)cc2)c(Br)c1. The molecular formula is C14H12BrNO2S. The summed E-state index contributed by atoms with van der Waals surface area (Å²) in [6, 6.07) is 9.51. The van der Waals surface area contributed by atoms with Gasteiger partial charge in [0.2, 0.25) is 0 Å². The van der Waals surface area contributed by atoms with Crippen LogP contribution < -0.4 is 0 Å². The molecule has 2 aromatic rings. The van der Waals surface area contributed by atoms with Crippen molar-refractivity contribution < 1.29 is 9.90 Å². The van der Waals surface area contributed by atoms with Crippen LogP contribution in [0.25, 0.3) is 0 Å². The first-order chi connectivity index (χ1) is 9.04. The van der Waals surface area contributed by atoms with E-state index in [9.17, 15) is 4.79 Å². The number of carboxylic acid groups (broad SMARTS) is 1. The zero-order chi connectivity index (χ0) is 13.8. The largest absolute Gasteiger partial charge is 0.481 e. The number of aliphatic carboxylic acids is 1. The van der Waals surface area contributed by atoms with Crippen molar-refractivity contribution in [3.63, 3.8) is 0 Å². The molecule has 0 aliphatic heterocycles. The summed E-state index contributed by atoms with van der Waals surface area (Å²) in [6.45, 7) is 1.99.